The van der Waals surface area contributed by atoms with E-state index in [-0.39, 0.29) is 0 Å². The number of anilines is 1. The fourth-order valence-electron chi connectivity index (χ4n) is 5.29. The van der Waals surface area contributed by atoms with Crippen molar-refractivity contribution < 1.29 is 4.79 Å². The molecule has 1 fully saturated rings. The van der Waals surface area contributed by atoms with Gasteiger partial charge in [0.1, 0.15) is 10.8 Å². The van der Waals surface area contributed by atoms with Crippen LogP contribution < -0.4 is 11.1 Å². The van der Waals surface area contributed by atoms with E-state index in [9.17, 15) is 4.79 Å². The van der Waals surface area contributed by atoms with Crippen molar-refractivity contribution in [1.29, 1.82) is 0 Å². The molecular weight excluding hydrogens is 442 g/mol. The third-order valence-corrected chi connectivity index (χ3v) is 8.31. The maximum absolute atomic E-state index is 11.2. The first-order valence-electron chi connectivity index (χ1n) is 11.8. The zero-order valence-corrected chi connectivity index (χ0v) is 20.6. The maximum atomic E-state index is 11.2. The minimum absolute atomic E-state index is 0.541. The lowest BCUT2D eigenvalue weighted by Crippen LogP contribution is -2.29. The minimum atomic E-state index is 0.541. The van der Waals surface area contributed by atoms with E-state index in [1.807, 2.05) is 6.07 Å². The molecule has 0 radical (unpaired) electrons. The molecule has 7 heteroatoms. The van der Waals surface area contributed by atoms with E-state index >= 15 is 0 Å². The Morgan fingerprint density at radius 1 is 1.26 bits per heavy atom. The van der Waals surface area contributed by atoms with Crippen LogP contribution in [0.4, 0.5) is 5.00 Å². The van der Waals surface area contributed by atoms with Crippen LogP contribution >= 0.6 is 11.3 Å². The van der Waals surface area contributed by atoms with E-state index in [4.69, 9.17) is 5.73 Å². The monoisotopic (exact) mass is 473 g/mol. The molecule has 1 aliphatic rings. The van der Waals surface area contributed by atoms with E-state index in [0.29, 0.717) is 11.9 Å². The summed E-state index contributed by atoms with van der Waals surface area (Å²) >= 11 is 1.66. The third kappa shape index (κ3) is 4.21. The third-order valence-electron chi connectivity index (χ3n) is 7.16. The SMILES string of the molecule is CN=C(N)c1ccc2cc(CC[C@@H]3CCCN3Cc3c(NC=O)sc4ccccc34)n(C)c2c1. The quantitative estimate of drug-likeness (QED) is 0.217. The van der Waals surface area contributed by atoms with E-state index < -0.39 is 0 Å². The number of nitrogens with one attached hydrogen (secondary N) is 1. The van der Waals surface area contributed by atoms with Crippen LogP contribution in [0.2, 0.25) is 0 Å². The highest BCUT2D eigenvalue weighted by Crippen LogP contribution is 2.37. The van der Waals surface area contributed by atoms with E-state index in [2.05, 4.69) is 69.3 Å². The van der Waals surface area contributed by atoms with Gasteiger partial charge in [0.2, 0.25) is 6.41 Å². The lowest BCUT2D eigenvalue weighted by molar-refractivity contribution is -0.105. The second-order valence-corrected chi connectivity index (χ2v) is 10.1. The number of nitrogens with two attached hydrogens (primary N) is 1. The lowest BCUT2D eigenvalue weighted by atomic mass is 10.1. The normalized spacial score (nSPS) is 17.1. The average Bonchev–Trinajstić information content (AvgIpc) is 3.54. The Morgan fingerprint density at radius 2 is 2.12 bits per heavy atom. The van der Waals surface area contributed by atoms with Gasteiger partial charge in [-0.25, -0.2) is 0 Å². The number of amides is 1. The highest BCUT2D eigenvalue weighted by Gasteiger charge is 2.26. The predicted octanol–water partition coefficient (Wildman–Crippen LogP) is 4.89. The number of carbonyl (C=O) groups is 1. The molecule has 2 aromatic carbocycles. The van der Waals surface area contributed by atoms with Gasteiger partial charge in [-0.05, 0) is 61.2 Å². The highest BCUT2D eigenvalue weighted by atomic mass is 32.1. The summed E-state index contributed by atoms with van der Waals surface area (Å²) in [4.78, 5) is 17.9. The number of carbonyl (C=O) groups excluding carboxylic acids is 1. The smallest absolute Gasteiger partial charge is 0.212 e. The summed E-state index contributed by atoms with van der Waals surface area (Å²) in [5, 5.41) is 6.41. The molecular formula is C27H31N5OS. The number of thiophene rings is 1. The molecule has 2 aromatic heterocycles. The molecule has 0 unspecified atom stereocenters. The lowest BCUT2D eigenvalue weighted by Gasteiger charge is -2.25. The van der Waals surface area contributed by atoms with Gasteiger partial charge in [0, 0.05) is 53.7 Å². The summed E-state index contributed by atoms with van der Waals surface area (Å²) in [6, 6.07) is 17.6. The number of aromatic nitrogens is 1. The standard InChI is InChI=1S/C27H31N5OS/c1-29-26(28)19-10-9-18-14-21(31(2)24(18)15-19)12-11-20-6-5-13-32(20)16-23-22-7-3-4-8-25(22)34-27(23)30-17-33/h3-4,7-10,14-15,17,20H,5-6,11-13,16H2,1-2H3,(H2,28,29)(H,30,33)/t20-/m0/s1. The molecule has 4 aromatic rings. The van der Waals surface area contributed by atoms with Gasteiger partial charge in [-0.3, -0.25) is 14.7 Å². The molecule has 0 aliphatic carbocycles. The summed E-state index contributed by atoms with van der Waals surface area (Å²) in [5.41, 5.74) is 10.8. The molecule has 176 valence electrons. The Kier molecular flexibility index (Phi) is 6.39. The van der Waals surface area contributed by atoms with Crippen molar-refractivity contribution in [1.82, 2.24) is 9.47 Å². The molecule has 5 rings (SSSR count). The first-order chi connectivity index (χ1) is 16.6. The van der Waals surface area contributed by atoms with Gasteiger partial charge in [0.15, 0.2) is 0 Å². The summed E-state index contributed by atoms with van der Waals surface area (Å²) in [5.74, 6) is 0.565. The first kappa shape index (κ1) is 22.6. The van der Waals surface area contributed by atoms with Crippen LogP contribution in [-0.4, -0.2) is 41.3 Å². The Labute approximate surface area is 204 Å². The maximum Gasteiger partial charge on any atom is 0.212 e. The Morgan fingerprint density at radius 3 is 2.94 bits per heavy atom. The topological polar surface area (TPSA) is 75.7 Å². The van der Waals surface area contributed by atoms with Gasteiger partial charge in [-0.1, -0.05) is 30.3 Å². The summed E-state index contributed by atoms with van der Waals surface area (Å²) < 4.78 is 3.51. The van der Waals surface area contributed by atoms with Crippen molar-refractivity contribution in [2.75, 3.05) is 18.9 Å². The summed E-state index contributed by atoms with van der Waals surface area (Å²) in [6.45, 7) is 1.97. The second-order valence-electron chi connectivity index (χ2n) is 9.05. The number of likely N-dealkylation sites (tertiary alicyclic amines) is 1. The number of aryl methyl sites for hydroxylation is 2. The molecule has 3 heterocycles. The van der Waals surface area contributed by atoms with Crippen molar-refractivity contribution in [3.63, 3.8) is 0 Å². The van der Waals surface area contributed by atoms with Crippen LogP contribution in [0.1, 0.15) is 36.1 Å². The van der Waals surface area contributed by atoms with Crippen molar-refractivity contribution >= 4 is 49.6 Å². The van der Waals surface area contributed by atoms with Gasteiger partial charge in [0.05, 0.1) is 0 Å². The molecule has 6 nitrogen and oxygen atoms in total. The number of hydrogen-bond donors (Lipinski definition) is 2. The average molecular weight is 474 g/mol. The number of benzene rings is 2. The van der Waals surface area contributed by atoms with Gasteiger partial charge in [-0.2, -0.15) is 0 Å². The van der Waals surface area contributed by atoms with Crippen LogP contribution in [0, 0.1) is 0 Å². The van der Waals surface area contributed by atoms with Crippen molar-refractivity contribution in [3.05, 3.63) is 65.4 Å². The minimum Gasteiger partial charge on any atom is -0.384 e. The molecule has 1 saturated heterocycles. The number of rotatable bonds is 8. The van der Waals surface area contributed by atoms with Crippen molar-refractivity contribution in [2.24, 2.45) is 17.8 Å². The van der Waals surface area contributed by atoms with E-state index in [1.165, 1.54) is 45.1 Å². The fraction of sp³-hybridized carbons (Fsp3) is 0.333. The van der Waals surface area contributed by atoms with Crippen LogP contribution in [0.3, 0.4) is 0 Å². The molecule has 3 N–H and O–H groups in total. The van der Waals surface area contributed by atoms with Crippen molar-refractivity contribution in [3.8, 4) is 0 Å². The number of aliphatic imine (C=N–C) groups is 1. The van der Waals surface area contributed by atoms with Gasteiger partial charge in [-0.15, -0.1) is 11.3 Å². The second kappa shape index (κ2) is 9.60. The van der Waals surface area contributed by atoms with Crippen molar-refractivity contribution in [2.45, 2.75) is 38.3 Å². The molecule has 1 aliphatic heterocycles. The number of nitrogens with zero attached hydrogens (tertiary/aromatic N) is 3. The van der Waals surface area contributed by atoms with Gasteiger partial charge in [0.25, 0.3) is 0 Å². The molecule has 0 spiro atoms. The Balaban J connectivity index is 1.34. The van der Waals surface area contributed by atoms with E-state index in [0.717, 1.165) is 42.9 Å². The Bertz CT molecular complexity index is 1370. The molecule has 0 saturated carbocycles. The van der Waals surface area contributed by atoms with Crippen LogP contribution in [0.15, 0.2) is 53.5 Å². The van der Waals surface area contributed by atoms with Crippen LogP contribution in [-0.2, 0) is 24.8 Å². The largest absolute Gasteiger partial charge is 0.384 e. The number of fused-ring (bicyclic) bond motifs is 2. The molecule has 1 amide bonds. The number of hydrogen-bond acceptors (Lipinski definition) is 4. The molecule has 0 bridgehead atoms. The van der Waals surface area contributed by atoms with Crippen LogP contribution in [0.5, 0.6) is 0 Å². The first-order valence-corrected chi connectivity index (χ1v) is 12.7. The molecule has 1 atom stereocenters. The van der Waals surface area contributed by atoms with Crippen LogP contribution in [0.25, 0.3) is 21.0 Å². The zero-order valence-electron chi connectivity index (χ0n) is 19.8. The Hall–Kier alpha value is -3.16. The summed E-state index contributed by atoms with van der Waals surface area (Å²) in [6.07, 6.45) is 5.38. The van der Waals surface area contributed by atoms with Gasteiger partial charge < -0.3 is 15.6 Å². The van der Waals surface area contributed by atoms with Gasteiger partial charge >= 0.3 is 0 Å². The fourth-order valence-corrected chi connectivity index (χ4v) is 6.36. The molecule has 34 heavy (non-hydrogen) atoms. The number of amidine groups is 1. The van der Waals surface area contributed by atoms with E-state index in [1.54, 1.807) is 18.4 Å². The predicted molar refractivity (Wildman–Crippen MR) is 143 cm³/mol. The highest BCUT2D eigenvalue weighted by molar-refractivity contribution is 7.23. The summed E-state index contributed by atoms with van der Waals surface area (Å²) in [7, 11) is 3.86. The zero-order chi connectivity index (χ0) is 23.7.